The van der Waals surface area contributed by atoms with Gasteiger partial charge in [0.25, 0.3) is 0 Å². The van der Waals surface area contributed by atoms with Crippen LogP contribution in [-0.4, -0.2) is 41.6 Å². The van der Waals surface area contributed by atoms with E-state index in [2.05, 4.69) is 35.3 Å². The smallest absolute Gasteiger partial charge is 0.0806 e. The third-order valence-electron chi connectivity index (χ3n) is 2.46. The lowest BCUT2D eigenvalue weighted by atomic mass is 10.1. The maximum atomic E-state index is 5.01. The van der Waals surface area contributed by atoms with Crippen LogP contribution < -0.4 is 5.90 Å². The number of nitrogens with zero attached hydrogens (tertiary/aromatic N) is 1. The zero-order valence-corrected chi connectivity index (χ0v) is 9.40. The summed E-state index contributed by atoms with van der Waals surface area (Å²) in [6, 6.07) is 0. The van der Waals surface area contributed by atoms with E-state index in [0.717, 1.165) is 13.1 Å². The van der Waals surface area contributed by atoms with Gasteiger partial charge in [0.1, 0.15) is 0 Å². The zero-order chi connectivity index (χ0) is 9.73. The first-order valence-corrected chi connectivity index (χ1v) is 5.81. The van der Waals surface area contributed by atoms with E-state index in [-0.39, 0.29) is 0 Å². The van der Waals surface area contributed by atoms with E-state index < -0.39 is 0 Å². The summed E-state index contributed by atoms with van der Waals surface area (Å²) >= 11 is 2.06. The first kappa shape index (κ1) is 11.3. The van der Waals surface area contributed by atoms with Gasteiger partial charge in [0, 0.05) is 23.6 Å². The Labute approximate surface area is 84.9 Å². The Morgan fingerprint density at radius 1 is 1.46 bits per heavy atom. The molecule has 1 aliphatic heterocycles. The summed E-state index contributed by atoms with van der Waals surface area (Å²) in [6.45, 7) is 8.58. The molecule has 0 saturated carbocycles. The van der Waals surface area contributed by atoms with Crippen molar-refractivity contribution in [3.8, 4) is 0 Å². The van der Waals surface area contributed by atoms with Crippen molar-refractivity contribution in [2.75, 3.05) is 32.0 Å². The van der Waals surface area contributed by atoms with Crippen LogP contribution in [0, 0.1) is 0 Å². The van der Waals surface area contributed by atoms with Crippen molar-refractivity contribution in [2.45, 2.75) is 25.0 Å². The van der Waals surface area contributed by atoms with Gasteiger partial charge in [-0.15, -0.1) is 0 Å². The molecule has 0 aromatic heterocycles. The fraction of sp³-hybridized carbons (Fsp3) is 1.00. The average Bonchev–Trinajstić information content (AvgIpc) is 2.23. The van der Waals surface area contributed by atoms with Crippen LogP contribution in [0.15, 0.2) is 0 Å². The Kier molecular flexibility index (Phi) is 4.52. The predicted octanol–water partition coefficient (Wildman–Crippen LogP) is 1.09. The van der Waals surface area contributed by atoms with Gasteiger partial charge < -0.3 is 9.74 Å². The molecule has 2 N–H and O–H groups in total. The Morgan fingerprint density at radius 3 is 2.92 bits per heavy atom. The molecule has 0 atom stereocenters. The van der Waals surface area contributed by atoms with Crippen molar-refractivity contribution in [2.24, 2.45) is 5.90 Å². The molecule has 13 heavy (non-hydrogen) atoms. The molecule has 0 aromatic rings. The van der Waals surface area contributed by atoms with Crippen molar-refractivity contribution in [3.63, 3.8) is 0 Å². The fourth-order valence-electron chi connectivity index (χ4n) is 1.47. The maximum absolute atomic E-state index is 5.01. The lowest BCUT2D eigenvalue weighted by molar-refractivity contribution is 0.107. The van der Waals surface area contributed by atoms with Gasteiger partial charge >= 0.3 is 0 Å². The van der Waals surface area contributed by atoms with Crippen molar-refractivity contribution >= 4 is 11.8 Å². The second-order valence-corrected chi connectivity index (χ2v) is 5.87. The summed E-state index contributed by atoms with van der Waals surface area (Å²) in [5.74, 6) is 6.23. The third kappa shape index (κ3) is 4.31. The average molecular weight is 204 g/mol. The topological polar surface area (TPSA) is 38.5 Å². The fourth-order valence-corrected chi connectivity index (χ4v) is 2.61. The van der Waals surface area contributed by atoms with Crippen LogP contribution in [0.5, 0.6) is 0 Å². The summed E-state index contributed by atoms with van der Waals surface area (Å²) < 4.78 is 0.443. The second-order valence-electron chi connectivity index (χ2n) is 4.07. The Balaban J connectivity index is 2.28. The van der Waals surface area contributed by atoms with Gasteiger partial charge in [-0.25, -0.2) is 5.90 Å². The van der Waals surface area contributed by atoms with Crippen LogP contribution >= 0.6 is 11.8 Å². The Hall–Kier alpha value is 0.230. The highest BCUT2D eigenvalue weighted by Gasteiger charge is 2.23. The van der Waals surface area contributed by atoms with E-state index >= 15 is 0 Å². The minimum Gasteiger partial charge on any atom is -0.303 e. The van der Waals surface area contributed by atoms with Crippen molar-refractivity contribution < 1.29 is 4.84 Å². The largest absolute Gasteiger partial charge is 0.303 e. The van der Waals surface area contributed by atoms with Crippen LogP contribution in [0.3, 0.4) is 0 Å². The Morgan fingerprint density at radius 2 is 2.23 bits per heavy atom. The maximum Gasteiger partial charge on any atom is 0.0806 e. The highest BCUT2D eigenvalue weighted by molar-refractivity contribution is 8.00. The van der Waals surface area contributed by atoms with Gasteiger partial charge in [-0.1, -0.05) is 13.8 Å². The molecule has 1 rings (SSSR count). The summed E-state index contributed by atoms with van der Waals surface area (Å²) in [7, 11) is 0. The van der Waals surface area contributed by atoms with Gasteiger partial charge in [-0.2, -0.15) is 11.8 Å². The van der Waals surface area contributed by atoms with E-state index in [1.54, 1.807) is 0 Å². The third-order valence-corrected chi connectivity index (χ3v) is 3.83. The van der Waals surface area contributed by atoms with Gasteiger partial charge in [0.05, 0.1) is 6.61 Å². The normalized spacial score (nSPS) is 24.2. The van der Waals surface area contributed by atoms with E-state index in [0.29, 0.717) is 11.4 Å². The van der Waals surface area contributed by atoms with Crippen LogP contribution in [0.1, 0.15) is 20.3 Å². The molecule has 1 heterocycles. The molecule has 0 amide bonds. The molecular formula is C9H20N2OS. The molecular weight excluding hydrogens is 184 g/mol. The summed E-state index contributed by atoms with van der Waals surface area (Å²) in [5, 5.41) is 0. The number of nitrogens with two attached hydrogens (primary N) is 1. The van der Waals surface area contributed by atoms with E-state index in [1.807, 2.05) is 0 Å². The lowest BCUT2D eigenvalue weighted by Gasteiger charge is -2.22. The molecule has 0 unspecified atom stereocenters. The van der Waals surface area contributed by atoms with Gasteiger partial charge in [-0.3, -0.25) is 0 Å². The van der Waals surface area contributed by atoms with Gasteiger partial charge in [0.2, 0.25) is 0 Å². The number of hydrogen-bond acceptors (Lipinski definition) is 4. The highest BCUT2D eigenvalue weighted by atomic mass is 32.2. The molecule has 0 spiro atoms. The summed E-state index contributed by atoms with van der Waals surface area (Å²) in [6.07, 6.45) is 1.25. The van der Waals surface area contributed by atoms with Gasteiger partial charge in [-0.05, 0) is 13.0 Å². The number of hydrogen-bond donors (Lipinski definition) is 1. The molecule has 1 aliphatic rings. The number of rotatable bonds is 3. The molecule has 78 valence electrons. The first-order valence-electron chi connectivity index (χ1n) is 4.82. The molecule has 0 bridgehead atoms. The minimum absolute atomic E-state index is 0.443. The summed E-state index contributed by atoms with van der Waals surface area (Å²) in [5.41, 5.74) is 0. The van der Waals surface area contributed by atoms with Crippen molar-refractivity contribution in [1.29, 1.82) is 0 Å². The van der Waals surface area contributed by atoms with Crippen LogP contribution in [0.2, 0.25) is 0 Å². The monoisotopic (exact) mass is 204 g/mol. The van der Waals surface area contributed by atoms with E-state index in [4.69, 9.17) is 5.90 Å². The molecule has 1 fully saturated rings. The zero-order valence-electron chi connectivity index (χ0n) is 8.58. The molecule has 3 nitrogen and oxygen atoms in total. The SMILES string of the molecule is CC1(C)CCN(CCON)CCS1. The molecule has 0 aromatic carbocycles. The lowest BCUT2D eigenvalue weighted by Crippen LogP contribution is -2.31. The van der Waals surface area contributed by atoms with Crippen molar-refractivity contribution in [3.05, 3.63) is 0 Å². The highest BCUT2D eigenvalue weighted by Crippen LogP contribution is 2.30. The van der Waals surface area contributed by atoms with Gasteiger partial charge in [0.15, 0.2) is 0 Å². The van der Waals surface area contributed by atoms with Crippen LogP contribution in [0.4, 0.5) is 0 Å². The van der Waals surface area contributed by atoms with Crippen LogP contribution in [0.25, 0.3) is 0 Å². The van der Waals surface area contributed by atoms with E-state index in [9.17, 15) is 0 Å². The standard InChI is InChI=1S/C9H20N2OS/c1-9(2)3-4-11(5-7-12-10)6-8-13-9/h3-8,10H2,1-2H3. The minimum atomic E-state index is 0.443. The van der Waals surface area contributed by atoms with E-state index in [1.165, 1.54) is 18.7 Å². The number of thioether (sulfide) groups is 1. The molecule has 0 aliphatic carbocycles. The first-order chi connectivity index (χ1) is 6.14. The van der Waals surface area contributed by atoms with Crippen LogP contribution in [-0.2, 0) is 4.84 Å². The predicted molar refractivity (Wildman–Crippen MR) is 57.7 cm³/mol. The Bertz CT molecular complexity index is 153. The second kappa shape index (κ2) is 5.20. The van der Waals surface area contributed by atoms with Crippen molar-refractivity contribution in [1.82, 2.24) is 4.90 Å². The summed E-state index contributed by atoms with van der Waals surface area (Å²) in [4.78, 5) is 7.01. The molecule has 1 saturated heterocycles. The molecule has 4 heteroatoms. The molecule has 0 radical (unpaired) electrons. The quantitative estimate of drug-likeness (QED) is 0.699.